The predicted molar refractivity (Wildman–Crippen MR) is 107 cm³/mol. The third kappa shape index (κ3) is 5.19. The molecule has 138 valence electrons. The Morgan fingerprint density at radius 3 is 1.88 bits per heavy atom. The fourth-order valence-corrected chi connectivity index (χ4v) is 2.91. The first kappa shape index (κ1) is 19.7. The van der Waals surface area contributed by atoms with Gasteiger partial charge in [-0.2, -0.15) is 0 Å². The largest absolute Gasteiger partial charge is 0.352 e. The molecule has 0 saturated heterocycles. The lowest BCUT2D eigenvalue weighted by atomic mass is 10.0. The predicted octanol–water partition coefficient (Wildman–Crippen LogP) is 4.64. The molecule has 0 saturated carbocycles. The lowest BCUT2D eigenvalue weighted by Gasteiger charge is -2.13. The summed E-state index contributed by atoms with van der Waals surface area (Å²) in [5.41, 5.74) is 5.19. The van der Waals surface area contributed by atoms with Gasteiger partial charge in [0, 0.05) is 23.4 Å². The highest BCUT2D eigenvalue weighted by Crippen LogP contribution is 2.22. The minimum atomic E-state index is -0.174. The Kier molecular flexibility index (Phi) is 6.56. The van der Waals surface area contributed by atoms with E-state index in [0.29, 0.717) is 23.6 Å². The number of hydrogen-bond donors (Lipinski definition) is 2. The lowest BCUT2D eigenvalue weighted by Crippen LogP contribution is -2.25. The second-order valence-electron chi connectivity index (χ2n) is 7.24. The second kappa shape index (κ2) is 8.65. The number of carbonyl (C=O) groups is 2. The van der Waals surface area contributed by atoms with Gasteiger partial charge in [-0.3, -0.25) is 9.59 Å². The van der Waals surface area contributed by atoms with Crippen molar-refractivity contribution in [3.05, 3.63) is 64.2 Å². The molecule has 4 nitrogen and oxygen atoms in total. The minimum Gasteiger partial charge on any atom is -0.352 e. The molecule has 2 rings (SSSR count). The maximum Gasteiger partial charge on any atom is 0.255 e. The van der Waals surface area contributed by atoms with Crippen molar-refractivity contribution >= 4 is 17.5 Å². The topological polar surface area (TPSA) is 58.2 Å². The number of rotatable bonds is 6. The Morgan fingerprint density at radius 1 is 0.885 bits per heavy atom. The van der Waals surface area contributed by atoms with Crippen LogP contribution >= 0.6 is 0 Å². The molecule has 0 unspecified atom stereocenters. The summed E-state index contributed by atoms with van der Waals surface area (Å²) in [6.07, 6.45) is 0.946. The van der Waals surface area contributed by atoms with Crippen LogP contribution in [-0.2, 0) is 0 Å². The zero-order chi connectivity index (χ0) is 19.3. The van der Waals surface area contributed by atoms with E-state index in [1.54, 1.807) is 24.3 Å². The summed E-state index contributed by atoms with van der Waals surface area (Å²) in [7, 11) is 0. The van der Waals surface area contributed by atoms with Crippen molar-refractivity contribution in [2.75, 3.05) is 11.9 Å². The molecule has 2 N–H and O–H groups in total. The van der Waals surface area contributed by atoms with E-state index in [1.165, 1.54) is 5.56 Å². The van der Waals surface area contributed by atoms with Crippen molar-refractivity contribution in [3.8, 4) is 0 Å². The third-order valence-electron chi connectivity index (χ3n) is 4.33. The average Bonchev–Trinajstić information content (AvgIpc) is 2.57. The van der Waals surface area contributed by atoms with Crippen LogP contribution < -0.4 is 10.6 Å². The van der Waals surface area contributed by atoms with Crippen LogP contribution in [0.3, 0.4) is 0 Å². The molecule has 0 bridgehead atoms. The van der Waals surface area contributed by atoms with Gasteiger partial charge < -0.3 is 10.6 Å². The average molecular weight is 352 g/mol. The molecule has 0 aromatic heterocycles. The minimum absolute atomic E-state index is 0.108. The Morgan fingerprint density at radius 2 is 1.38 bits per heavy atom. The van der Waals surface area contributed by atoms with E-state index in [4.69, 9.17) is 0 Å². The number of anilines is 1. The van der Waals surface area contributed by atoms with Gasteiger partial charge in [0.1, 0.15) is 0 Å². The van der Waals surface area contributed by atoms with Crippen LogP contribution in [0.5, 0.6) is 0 Å². The number of carbonyl (C=O) groups excluding carboxylic acids is 2. The van der Waals surface area contributed by atoms with Crippen molar-refractivity contribution in [1.82, 2.24) is 5.32 Å². The molecule has 0 aliphatic heterocycles. The van der Waals surface area contributed by atoms with Gasteiger partial charge >= 0.3 is 0 Å². The third-order valence-corrected chi connectivity index (χ3v) is 4.33. The van der Waals surface area contributed by atoms with Crippen LogP contribution in [0.25, 0.3) is 0 Å². The Balaban J connectivity index is 2.04. The van der Waals surface area contributed by atoms with Crippen LogP contribution in [0.2, 0.25) is 0 Å². The van der Waals surface area contributed by atoms with Crippen molar-refractivity contribution < 1.29 is 9.59 Å². The van der Waals surface area contributed by atoms with Crippen LogP contribution in [0, 0.1) is 26.7 Å². The van der Waals surface area contributed by atoms with Crippen LogP contribution in [-0.4, -0.2) is 18.4 Å². The van der Waals surface area contributed by atoms with Gasteiger partial charge in [0.05, 0.1) is 0 Å². The summed E-state index contributed by atoms with van der Waals surface area (Å²) in [5, 5.41) is 5.88. The SMILES string of the molecule is Cc1cc(C)c(NC(=O)c2ccc(C(=O)NCCC(C)C)cc2)c(C)c1. The van der Waals surface area contributed by atoms with Crippen molar-refractivity contribution in [3.63, 3.8) is 0 Å². The summed E-state index contributed by atoms with van der Waals surface area (Å²) in [6, 6.07) is 10.8. The first-order valence-corrected chi connectivity index (χ1v) is 9.05. The fraction of sp³-hybridized carbons (Fsp3) is 0.364. The molecular weight excluding hydrogens is 324 g/mol. The monoisotopic (exact) mass is 352 g/mol. The smallest absolute Gasteiger partial charge is 0.255 e. The Bertz CT molecular complexity index is 769. The van der Waals surface area contributed by atoms with E-state index in [9.17, 15) is 9.59 Å². The molecular formula is C22H28N2O2. The van der Waals surface area contributed by atoms with Gasteiger partial charge in [-0.05, 0) is 68.5 Å². The highest BCUT2D eigenvalue weighted by atomic mass is 16.2. The number of hydrogen-bond acceptors (Lipinski definition) is 2. The molecule has 2 aromatic rings. The molecule has 2 amide bonds. The van der Waals surface area contributed by atoms with Gasteiger partial charge in [0.15, 0.2) is 0 Å². The molecule has 2 aromatic carbocycles. The van der Waals surface area contributed by atoms with Crippen molar-refractivity contribution in [2.45, 2.75) is 41.0 Å². The van der Waals surface area contributed by atoms with Gasteiger partial charge in [-0.15, -0.1) is 0 Å². The zero-order valence-corrected chi connectivity index (χ0v) is 16.3. The molecule has 26 heavy (non-hydrogen) atoms. The molecule has 4 heteroatoms. The van der Waals surface area contributed by atoms with E-state index in [1.807, 2.05) is 32.9 Å². The molecule has 0 aliphatic carbocycles. The Labute approximate surface area is 156 Å². The standard InChI is InChI=1S/C22H28N2O2/c1-14(2)10-11-23-21(25)18-6-8-19(9-7-18)22(26)24-20-16(4)12-15(3)13-17(20)5/h6-9,12-14H,10-11H2,1-5H3,(H,23,25)(H,24,26). The quantitative estimate of drug-likeness (QED) is 0.796. The normalized spacial score (nSPS) is 10.7. The zero-order valence-electron chi connectivity index (χ0n) is 16.3. The van der Waals surface area contributed by atoms with Crippen LogP contribution in [0.15, 0.2) is 36.4 Å². The van der Waals surface area contributed by atoms with E-state index in [2.05, 4.69) is 24.5 Å². The van der Waals surface area contributed by atoms with Crippen molar-refractivity contribution in [2.24, 2.45) is 5.92 Å². The van der Waals surface area contributed by atoms with Crippen molar-refractivity contribution in [1.29, 1.82) is 0 Å². The summed E-state index contributed by atoms with van der Waals surface area (Å²) < 4.78 is 0. The number of nitrogens with one attached hydrogen (secondary N) is 2. The van der Waals surface area contributed by atoms with Gasteiger partial charge in [-0.1, -0.05) is 31.5 Å². The van der Waals surface area contributed by atoms with E-state index in [-0.39, 0.29) is 11.8 Å². The molecule has 0 fully saturated rings. The molecule has 0 aliphatic rings. The Hall–Kier alpha value is -2.62. The maximum absolute atomic E-state index is 12.5. The second-order valence-corrected chi connectivity index (χ2v) is 7.24. The van der Waals surface area contributed by atoms with Gasteiger partial charge in [-0.25, -0.2) is 0 Å². The van der Waals surface area contributed by atoms with E-state index in [0.717, 1.165) is 23.2 Å². The summed E-state index contributed by atoms with van der Waals surface area (Å²) in [6.45, 7) is 10.9. The molecule has 0 spiro atoms. The number of amides is 2. The number of benzene rings is 2. The maximum atomic E-state index is 12.5. The fourth-order valence-electron chi connectivity index (χ4n) is 2.91. The molecule has 0 radical (unpaired) electrons. The van der Waals surface area contributed by atoms with Crippen LogP contribution in [0.1, 0.15) is 57.7 Å². The summed E-state index contributed by atoms with van der Waals surface area (Å²) in [4.78, 5) is 24.6. The highest BCUT2D eigenvalue weighted by Gasteiger charge is 2.12. The van der Waals surface area contributed by atoms with Gasteiger partial charge in [0.25, 0.3) is 11.8 Å². The summed E-state index contributed by atoms with van der Waals surface area (Å²) in [5.74, 6) is 0.268. The van der Waals surface area contributed by atoms with E-state index >= 15 is 0 Å². The molecule has 0 heterocycles. The highest BCUT2D eigenvalue weighted by molar-refractivity contribution is 6.05. The molecule has 0 atom stereocenters. The number of aryl methyl sites for hydroxylation is 3. The first-order chi connectivity index (χ1) is 12.3. The summed E-state index contributed by atoms with van der Waals surface area (Å²) >= 11 is 0. The van der Waals surface area contributed by atoms with E-state index < -0.39 is 0 Å². The first-order valence-electron chi connectivity index (χ1n) is 9.05. The lowest BCUT2D eigenvalue weighted by molar-refractivity contribution is 0.0950. The van der Waals surface area contributed by atoms with Crippen LogP contribution in [0.4, 0.5) is 5.69 Å². The van der Waals surface area contributed by atoms with Gasteiger partial charge in [0.2, 0.25) is 0 Å².